The van der Waals surface area contributed by atoms with E-state index in [0.29, 0.717) is 21.9 Å². The smallest absolute Gasteiger partial charge is 0.303 e. The van der Waals surface area contributed by atoms with Crippen molar-refractivity contribution in [1.82, 2.24) is 4.90 Å². The lowest BCUT2D eigenvalue weighted by molar-refractivity contribution is -0.142. The van der Waals surface area contributed by atoms with Crippen molar-refractivity contribution in [2.75, 3.05) is 11.4 Å². The van der Waals surface area contributed by atoms with Gasteiger partial charge in [-0.1, -0.05) is 42.0 Å². The minimum absolute atomic E-state index is 0.0134. The fraction of sp³-hybridized carbons (Fsp3) is 0.324. The van der Waals surface area contributed by atoms with Crippen molar-refractivity contribution in [1.29, 1.82) is 0 Å². The van der Waals surface area contributed by atoms with E-state index in [4.69, 9.17) is 28.3 Å². The molecule has 0 spiro atoms. The number of carbonyl (C=O) groups is 5. The predicted molar refractivity (Wildman–Crippen MR) is 166 cm³/mol. The number of rotatable bonds is 6. The van der Waals surface area contributed by atoms with Gasteiger partial charge in [-0.25, -0.2) is 9.29 Å². The van der Waals surface area contributed by atoms with Crippen LogP contribution in [0.2, 0.25) is 0 Å². The molecule has 2 saturated heterocycles. The Kier molecular flexibility index (Phi) is 7.02. The first kappa shape index (κ1) is 30.4. The molecule has 3 fully saturated rings. The Labute approximate surface area is 272 Å². The zero-order valence-corrected chi connectivity index (χ0v) is 25.7. The summed E-state index contributed by atoms with van der Waals surface area (Å²) in [4.78, 5) is 65.2. The molecule has 12 heteroatoms. The van der Waals surface area contributed by atoms with Gasteiger partial charge in [-0.15, -0.1) is 23.2 Å². The first-order valence-corrected chi connectivity index (χ1v) is 15.7. The summed E-state index contributed by atoms with van der Waals surface area (Å²) in [5.74, 6) is -7.69. The van der Waals surface area contributed by atoms with E-state index in [1.54, 1.807) is 30.3 Å². The molecule has 2 aliphatic heterocycles. The van der Waals surface area contributed by atoms with Gasteiger partial charge in [-0.3, -0.25) is 28.9 Å². The van der Waals surface area contributed by atoms with Gasteiger partial charge in [-0.2, -0.15) is 0 Å². The summed E-state index contributed by atoms with van der Waals surface area (Å²) in [5, 5.41) is 20.8. The number of carboxylic acid groups (broad SMARTS) is 1. The molecule has 2 heterocycles. The molecule has 7 rings (SSSR count). The third-order valence-electron chi connectivity index (χ3n) is 10.0. The maximum Gasteiger partial charge on any atom is 0.303 e. The Morgan fingerprint density at radius 3 is 2.30 bits per heavy atom. The van der Waals surface area contributed by atoms with Crippen molar-refractivity contribution in [2.24, 2.45) is 17.8 Å². The zero-order chi connectivity index (χ0) is 32.7. The number of aromatic hydroxyl groups is 1. The van der Waals surface area contributed by atoms with Crippen LogP contribution in [0.25, 0.3) is 10.8 Å². The number of hydrogen-bond donors (Lipinski definition) is 2. The van der Waals surface area contributed by atoms with Gasteiger partial charge in [0.2, 0.25) is 11.8 Å². The average molecular weight is 666 g/mol. The number of likely N-dealkylation sites (tertiary alicyclic amines) is 1. The van der Waals surface area contributed by atoms with Crippen LogP contribution in [-0.4, -0.2) is 61.0 Å². The molecule has 0 unspecified atom stereocenters. The molecule has 46 heavy (non-hydrogen) atoms. The number of nitrogens with zero attached hydrogens (tertiary/aromatic N) is 2. The Bertz CT molecular complexity index is 1900. The maximum atomic E-state index is 14.5. The van der Waals surface area contributed by atoms with Gasteiger partial charge in [0, 0.05) is 24.3 Å². The molecule has 236 valence electrons. The summed E-state index contributed by atoms with van der Waals surface area (Å²) >= 11 is 14.8. The number of carbonyl (C=O) groups excluding carboxylic acids is 4. The van der Waals surface area contributed by atoms with Crippen molar-refractivity contribution < 1.29 is 38.6 Å². The molecule has 1 saturated carbocycles. The van der Waals surface area contributed by atoms with Gasteiger partial charge < -0.3 is 10.2 Å². The van der Waals surface area contributed by atoms with Gasteiger partial charge in [0.15, 0.2) is 9.75 Å². The predicted octanol–water partition coefficient (Wildman–Crippen LogP) is 5.11. The van der Waals surface area contributed by atoms with Crippen LogP contribution in [0.3, 0.4) is 0 Å². The molecule has 0 aromatic heterocycles. The van der Waals surface area contributed by atoms with Crippen molar-refractivity contribution >= 4 is 69.3 Å². The van der Waals surface area contributed by atoms with Gasteiger partial charge >= 0.3 is 5.97 Å². The number of phenolic OH excluding ortho intramolecular Hbond substituents is 1. The van der Waals surface area contributed by atoms with E-state index in [0.717, 1.165) is 21.9 Å². The third kappa shape index (κ3) is 4.09. The van der Waals surface area contributed by atoms with Crippen LogP contribution in [0, 0.1) is 23.6 Å². The van der Waals surface area contributed by atoms with E-state index >= 15 is 0 Å². The number of halogens is 3. The Morgan fingerprint density at radius 2 is 1.61 bits per heavy atom. The molecule has 4 amide bonds. The van der Waals surface area contributed by atoms with Crippen LogP contribution in [0.5, 0.6) is 5.75 Å². The molecule has 3 aromatic rings. The molecule has 0 bridgehead atoms. The van der Waals surface area contributed by atoms with Crippen molar-refractivity contribution in [3.63, 3.8) is 0 Å². The van der Waals surface area contributed by atoms with Crippen LogP contribution in [0.1, 0.15) is 37.2 Å². The standard InChI is InChI=1S/C34H27Cl2FN2O7/c35-33-16-24-22(11-12-23-27(24)30(44)38(29(23)43)15-3-6-26(41)42)28(21-13-14-25(40)20-5-2-1-4-19(20)21)34(33,36)32(46)39(31(33)45)18-9-7-17(37)8-10-18/h1-2,4-5,7-11,13-14,23-24,27-28,40H,3,6,12,15-16H2,(H,41,42)/t23-,24+,27-,28-,33+,34-/m0/s1. The average Bonchev–Trinajstić information content (AvgIpc) is 3.36. The van der Waals surface area contributed by atoms with E-state index in [1.165, 1.54) is 18.2 Å². The molecular formula is C34H27Cl2FN2O7. The normalized spacial score (nSPS) is 30.4. The summed E-state index contributed by atoms with van der Waals surface area (Å²) in [6.07, 6.45) is 1.60. The number of aliphatic carboxylic acids is 1. The monoisotopic (exact) mass is 664 g/mol. The maximum absolute atomic E-state index is 14.5. The summed E-state index contributed by atoms with van der Waals surface area (Å²) in [6, 6.07) is 14.8. The summed E-state index contributed by atoms with van der Waals surface area (Å²) in [5.41, 5.74) is 1.16. The van der Waals surface area contributed by atoms with E-state index in [2.05, 4.69) is 0 Å². The number of allylic oxidation sites excluding steroid dienone is 2. The molecule has 2 N–H and O–H groups in total. The molecule has 3 aromatic carbocycles. The van der Waals surface area contributed by atoms with Crippen LogP contribution >= 0.6 is 23.2 Å². The first-order chi connectivity index (χ1) is 21.9. The lowest BCUT2D eigenvalue weighted by Crippen LogP contribution is -2.60. The van der Waals surface area contributed by atoms with Crippen LogP contribution < -0.4 is 4.90 Å². The number of amides is 4. The van der Waals surface area contributed by atoms with Crippen molar-refractivity contribution in [3.8, 4) is 5.75 Å². The number of imide groups is 2. The highest BCUT2D eigenvalue weighted by molar-refractivity contribution is 6.58. The highest BCUT2D eigenvalue weighted by Crippen LogP contribution is 2.66. The second kappa shape index (κ2) is 10.6. The van der Waals surface area contributed by atoms with Gasteiger partial charge in [0.05, 0.1) is 17.5 Å². The first-order valence-electron chi connectivity index (χ1n) is 14.9. The van der Waals surface area contributed by atoms with Gasteiger partial charge in [0.1, 0.15) is 11.6 Å². The molecule has 2 aliphatic carbocycles. The van der Waals surface area contributed by atoms with Crippen molar-refractivity contribution in [2.45, 2.75) is 41.3 Å². The highest BCUT2D eigenvalue weighted by atomic mass is 35.5. The van der Waals surface area contributed by atoms with E-state index in [9.17, 15) is 33.5 Å². The number of fused-ring (bicyclic) bond motifs is 5. The van der Waals surface area contributed by atoms with Crippen LogP contribution in [-0.2, 0) is 24.0 Å². The van der Waals surface area contributed by atoms with E-state index in [1.807, 2.05) is 6.08 Å². The topological polar surface area (TPSA) is 132 Å². The molecule has 4 aliphatic rings. The fourth-order valence-corrected chi connectivity index (χ4v) is 8.90. The van der Waals surface area contributed by atoms with E-state index in [-0.39, 0.29) is 43.7 Å². The number of phenols is 1. The number of benzene rings is 3. The number of hydrogen-bond acceptors (Lipinski definition) is 6. The van der Waals surface area contributed by atoms with Gasteiger partial charge in [-0.05, 0) is 66.5 Å². The molecule has 9 nitrogen and oxygen atoms in total. The summed E-state index contributed by atoms with van der Waals surface area (Å²) < 4.78 is 13.9. The minimum atomic E-state index is -2.11. The quantitative estimate of drug-likeness (QED) is 0.213. The third-order valence-corrected chi connectivity index (χ3v) is 11.4. The Hall–Kier alpha value is -4.28. The molecule has 0 radical (unpaired) electrons. The minimum Gasteiger partial charge on any atom is -0.507 e. The van der Waals surface area contributed by atoms with Crippen LogP contribution in [0.4, 0.5) is 10.1 Å². The summed E-state index contributed by atoms with van der Waals surface area (Å²) in [7, 11) is 0. The molecular weight excluding hydrogens is 638 g/mol. The van der Waals surface area contributed by atoms with E-state index < -0.39 is 68.8 Å². The number of alkyl halides is 2. The highest BCUT2D eigenvalue weighted by Gasteiger charge is 2.76. The lowest BCUT2D eigenvalue weighted by Gasteiger charge is -2.51. The van der Waals surface area contributed by atoms with Crippen molar-refractivity contribution in [3.05, 3.63) is 83.7 Å². The fourth-order valence-electron chi connectivity index (χ4n) is 7.98. The second-order valence-electron chi connectivity index (χ2n) is 12.3. The largest absolute Gasteiger partial charge is 0.507 e. The molecule has 6 atom stereocenters. The van der Waals surface area contributed by atoms with Gasteiger partial charge in [0.25, 0.3) is 11.8 Å². The number of anilines is 1. The Morgan fingerprint density at radius 1 is 0.913 bits per heavy atom. The van der Waals surface area contributed by atoms with Crippen LogP contribution in [0.15, 0.2) is 72.3 Å². The Balaban J connectivity index is 1.41. The summed E-state index contributed by atoms with van der Waals surface area (Å²) in [6.45, 7) is -0.0632. The zero-order valence-electron chi connectivity index (χ0n) is 24.2. The lowest BCUT2D eigenvalue weighted by atomic mass is 9.56. The SMILES string of the molecule is O=C(O)CCCN1C(=O)[C@H]2[C@H](CC=C3[C@H]2C[C@@]2(Cl)C(=O)N(c4ccc(F)cc4)C(=O)[C@@]2(Cl)[C@H]3c2ccc(O)c3ccccc23)C1=O. The second-order valence-corrected chi connectivity index (χ2v) is 13.5. The number of carboxylic acids is 1.